The Hall–Kier alpha value is -5.53. The predicted molar refractivity (Wildman–Crippen MR) is 234 cm³/mol. The number of hydrogen-bond acceptors (Lipinski definition) is 9. The van der Waals surface area contributed by atoms with Gasteiger partial charge in [-0.25, -0.2) is 8.78 Å². The van der Waals surface area contributed by atoms with Crippen LogP contribution in [0.2, 0.25) is 0 Å². The first-order valence-corrected chi connectivity index (χ1v) is 21.5. The largest absolute Gasteiger partial charge is 0.507 e. The summed E-state index contributed by atoms with van der Waals surface area (Å²) < 4.78 is 34.5. The Morgan fingerprint density at radius 2 is 1.75 bits per heavy atom. The van der Waals surface area contributed by atoms with Gasteiger partial charge in [-0.2, -0.15) is 0 Å². The molecule has 0 spiro atoms. The molecule has 4 aliphatic rings. The second kappa shape index (κ2) is 16.5. The van der Waals surface area contributed by atoms with Crippen LogP contribution in [0.3, 0.4) is 0 Å². The van der Waals surface area contributed by atoms with Gasteiger partial charge in [-0.3, -0.25) is 10.1 Å². The van der Waals surface area contributed by atoms with Gasteiger partial charge in [0.15, 0.2) is 11.6 Å². The number of carbonyl (C=O) groups is 1. The van der Waals surface area contributed by atoms with Gasteiger partial charge in [-0.05, 0) is 98.7 Å². The number of amides is 1. The van der Waals surface area contributed by atoms with Crippen LogP contribution in [0.1, 0.15) is 77.5 Å². The number of rotatable bonds is 8. The molecule has 13 heteroatoms. The lowest BCUT2D eigenvalue weighted by Crippen LogP contribution is -2.51. The van der Waals surface area contributed by atoms with Crippen molar-refractivity contribution in [3.05, 3.63) is 107 Å². The summed E-state index contributed by atoms with van der Waals surface area (Å²) in [5.41, 5.74) is 12.3. The van der Waals surface area contributed by atoms with E-state index in [9.17, 15) is 9.90 Å². The van der Waals surface area contributed by atoms with Crippen LogP contribution in [0.5, 0.6) is 5.75 Å². The highest BCUT2D eigenvalue weighted by Crippen LogP contribution is 2.39. The molecule has 0 radical (unpaired) electrons. The van der Waals surface area contributed by atoms with E-state index in [4.69, 9.17) is 5.73 Å². The lowest BCUT2D eigenvalue weighted by atomic mass is 9.86. The highest BCUT2D eigenvalue weighted by molar-refractivity contribution is 5.94. The number of nitrogens with one attached hydrogen (secondary N) is 1. The minimum Gasteiger partial charge on any atom is -0.507 e. The van der Waals surface area contributed by atoms with Crippen LogP contribution in [0.25, 0.3) is 22.2 Å². The number of aryl methyl sites for hydroxylation is 2. The Balaban J connectivity index is 0.789. The second-order valence-corrected chi connectivity index (χ2v) is 17.3. The van der Waals surface area contributed by atoms with Crippen LogP contribution in [-0.4, -0.2) is 100 Å². The van der Waals surface area contributed by atoms with Crippen molar-refractivity contribution in [2.45, 2.75) is 70.0 Å². The average Bonchev–Trinajstić information content (AvgIpc) is 3.61. The number of aromatic nitrogens is 3. The number of fused-ring (bicyclic) bond motifs is 1. The summed E-state index contributed by atoms with van der Waals surface area (Å²) in [5.74, 6) is 0.489. The molecule has 1 atom stereocenters. The summed E-state index contributed by atoms with van der Waals surface area (Å²) in [6.45, 7) is 9.67. The molecular formula is C47H55F2N9O2. The molecule has 1 amide bonds. The molecule has 3 aromatic carbocycles. The molecule has 0 bridgehead atoms. The summed E-state index contributed by atoms with van der Waals surface area (Å²) in [6, 6.07) is 19.1. The minimum atomic E-state index is -1.35. The number of halogens is 2. The van der Waals surface area contributed by atoms with E-state index in [1.165, 1.54) is 5.56 Å². The molecule has 3 fully saturated rings. The van der Waals surface area contributed by atoms with Crippen LogP contribution in [0, 0.1) is 19.7 Å². The van der Waals surface area contributed by atoms with Gasteiger partial charge in [0.05, 0.1) is 29.3 Å². The monoisotopic (exact) mass is 815 g/mol. The van der Waals surface area contributed by atoms with Crippen molar-refractivity contribution in [1.29, 1.82) is 0 Å². The first kappa shape index (κ1) is 39.9. The van der Waals surface area contributed by atoms with Crippen molar-refractivity contribution in [2.75, 3.05) is 74.6 Å². The Morgan fingerprint density at radius 1 is 0.950 bits per heavy atom. The van der Waals surface area contributed by atoms with E-state index >= 15 is 8.78 Å². The fraction of sp³-hybridized carbons (Fsp3) is 0.426. The number of anilines is 3. The van der Waals surface area contributed by atoms with Crippen molar-refractivity contribution >= 4 is 34.0 Å². The molecule has 0 aliphatic carbocycles. The number of nitrogens with two attached hydrogens (primary N) is 1. The second-order valence-electron chi connectivity index (χ2n) is 17.3. The number of hydrogen-bond donors (Lipinski definition) is 3. The third kappa shape index (κ3) is 7.80. The highest BCUT2D eigenvalue weighted by atomic mass is 19.1. The maximum atomic E-state index is 16.4. The zero-order valence-corrected chi connectivity index (χ0v) is 34.6. The average molecular weight is 816 g/mol. The number of likely N-dealkylation sites (tertiary alicyclic amines) is 2. The van der Waals surface area contributed by atoms with Crippen LogP contribution in [0.15, 0.2) is 79.1 Å². The van der Waals surface area contributed by atoms with Gasteiger partial charge >= 0.3 is 0 Å². The molecule has 5 aromatic rings. The zero-order chi connectivity index (χ0) is 41.5. The zero-order valence-electron chi connectivity index (χ0n) is 34.6. The maximum Gasteiger partial charge on any atom is 0.253 e. The van der Waals surface area contributed by atoms with E-state index in [-0.39, 0.29) is 29.4 Å². The summed E-state index contributed by atoms with van der Waals surface area (Å²) in [5, 5.41) is 22.8. The van der Waals surface area contributed by atoms with Crippen molar-refractivity contribution in [2.24, 2.45) is 0 Å². The molecule has 60 heavy (non-hydrogen) atoms. The predicted octanol–water partition coefficient (Wildman–Crippen LogP) is 7.69. The summed E-state index contributed by atoms with van der Waals surface area (Å²) in [6.07, 6.45) is 10.4. The fourth-order valence-corrected chi connectivity index (χ4v) is 10.1. The molecule has 3 saturated heterocycles. The van der Waals surface area contributed by atoms with Crippen LogP contribution >= 0.6 is 0 Å². The van der Waals surface area contributed by atoms with Gasteiger partial charge in [0.1, 0.15) is 11.4 Å². The Morgan fingerprint density at radius 3 is 2.50 bits per heavy atom. The lowest BCUT2D eigenvalue weighted by Gasteiger charge is -2.41. The van der Waals surface area contributed by atoms with Crippen LogP contribution < -0.4 is 20.9 Å². The van der Waals surface area contributed by atoms with Gasteiger partial charge in [0.25, 0.3) is 5.91 Å². The number of alkyl halides is 1. The van der Waals surface area contributed by atoms with Gasteiger partial charge in [-0.15, -0.1) is 10.2 Å². The molecule has 11 nitrogen and oxygen atoms in total. The number of piperidine rings is 3. The van der Waals surface area contributed by atoms with Gasteiger partial charge in [0, 0.05) is 106 Å². The Bertz CT molecular complexity index is 2420. The standard InChI is InChI=1S/C47H55F2N9O2/c1-31-25-33(10-11-36(31)34-7-5-19-56(28-34)41-26-38(52-53-45(41)50)37-8-3-4-9-42(37)59)46(60)55-23-16-47(49,17-24-55)29-54-21-14-35(15-22-54)58-27-32(2)43-39(58)12-13-40(44(43)48)57-20-6-18-51-30-57/h3-4,6,8-13,20,25-27,34-35,51,59H,5,7,14-19,21-24,28-30H2,1-2H3,(H2,50,53). The van der Waals surface area contributed by atoms with E-state index in [2.05, 4.69) is 49.1 Å². The number of benzene rings is 3. The first-order valence-electron chi connectivity index (χ1n) is 21.5. The number of aromatic hydroxyl groups is 1. The molecule has 0 saturated carbocycles. The van der Waals surface area contributed by atoms with Crippen molar-refractivity contribution in [1.82, 2.24) is 29.9 Å². The maximum absolute atomic E-state index is 16.4. The number of nitrogen functional groups attached to an aromatic ring is 1. The minimum absolute atomic E-state index is 0.0491. The van der Waals surface area contributed by atoms with Gasteiger partial charge in [-0.1, -0.05) is 24.3 Å². The number of phenolic OH excluding ortho intramolecular Hbond substituents is 1. The third-order valence-electron chi connectivity index (χ3n) is 13.3. The lowest BCUT2D eigenvalue weighted by molar-refractivity contribution is 0.0158. The summed E-state index contributed by atoms with van der Waals surface area (Å²) >= 11 is 0. The van der Waals surface area contributed by atoms with Crippen LogP contribution in [0.4, 0.5) is 26.0 Å². The van der Waals surface area contributed by atoms with E-state index < -0.39 is 5.67 Å². The fourth-order valence-electron chi connectivity index (χ4n) is 10.1. The number of nitrogens with zero attached hydrogens (tertiary/aromatic N) is 7. The highest BCUT2D eigenvalue weighted by Gasteiger charge is 2.39. The summed E-state index contributed by atoms with van der Waals surface area (Å²) in [7, 11) is 0. The molecule has 1 unspecified atom stereocenters. The molecule has 314 valence electrons. The van der Waals surface area contributed by atoms with E-state index in [0.29, 0.717) is 72.9 Å². The number of para-hydroxylation sites is 1. The molecular weight excluding hydrogens is 761 g/mol. The van der Waals surface area contributed by atoms with E-state index in [1.807, 2.05) is 71.5 Å². The third-order valence-corrected chi connectivity index (χ3v) is 13.3. The molecule has 6 heterocycles. The van der Waals surface area contributed by atoms with Crippen molar-refractivity contribution in [3.63, 3.8) is 0 Å². The number of phenols is 1. The van der Waals surface area contributed by atoms with Crippen molar-refractivity contribution in [3.8, 4) is 17.0 Å². The van der Waals surface area contributed by atoms with Gasteiger partial charge < -0.3 is 35.0 Å². The SMILES string of the molecule is Cc1cc(C(=O)N2CCC(F)(CN3CCC(n4cc(C)c5c(F)c(N6C=CCNC6)ccc54)CC3)CC2)ccc1C1CCCN(c2cc(-c3ccccc3O)nnc2N)C1. The number of carbonyl (C=O) groups excluding carboxylic acids is 1. The summed E-state index contributed by atoms with van der Waals surface area (Å²) in [4.78, 5) is 22.0. The molecule has 9 rings (SSSR count). The van der Waals surface area contributed by atoms with Crippen molar-refractivity contribution < 1.29 is 18.7 Å². The van der Waals surface area contributed by atoms with E-state index in [0.717, 1.165) is 80.7 Å². The van der Waals surface area contributed by atoms with E-state index in [1.54, 1.807) is 12.1 Å². The smallest absolute Gasteiger partial charge is 0.253 e. The molecule has 4 N–H and O–H groups in total. The topological polar surface area (TPSA) is 119 Å². The van der Waals surface area contributed by atoms with Gasteiger partial charge in [0.2, 0.25) is 0 Å². The Kier molecular flexibility index (Phi) is 11.0. The molecule has 2 aromatic heterocycles. The Labute approximate surface area is 350 Å². The quantitative estimate of drug-likeness (QED) is 0.145. The van der Waals surface area contributed by atoms with Crippen LogP contribution in [-0.2, 0) is 0 Å². The normalized spacial score (nSPS) is 20.3. The molecule has 4 aliphatic heterocycles. The first-order chi connectivity index (χ1) is 29.0.